The molecule has 1 amide bonds. The van der Waals surface area contributed by atoms with Crippen molar-refractivity contribution in [3.8, 4) is 5.75 Å². The number of carbonyl (C=O) groups excluding carboxylic acids is 1. The lowest BCUT2D eigenvalue weighted by atomic mass is 9.95. The summed E-state index contributed by atoms with van der Waals surface area (Å²) in [5.41, 5.74) is 8.15. The highest BCUT2D eigenvalue weighted by Crippen LogP contribution is 2.34. The van der Waals surface area contributed by atoms with Gasteiger partial charge in [0.1, 0.15) is 12.4 Å². The number of carbonyl (C=O) groups is 1. The van der Waals surface area contributed by atoms with E-state index in [1.165, 1.54) is 7.11 Å². The maximum atomic E-state index is 11.7. The van der Waals surface area contributed by atoms with Gasteiger partial charge in [0, 0.05) is 25.1 Å². The Hall–Kier alpha value is -1.59. The van der Waals surface area contributed by atoms with Crippen LogP contribution in [0.15, 0.2) is 18.2 Å². The number of ether oxygens (including phenoxy) is 2. The van der Waals surface area contributed by atoms with Crippen LogP contribution in [0.5, 0.6) is 5.75 Å². The molecule has 1 aromatic rings. The van der Waals surface area contributed by atoms with Gasteiger partial charge < -0.3 is 20.5 Å². The highest BCUT2D eigenvalue weighted by Gasteiger charge is 2.24. The Morgan fingerprint density at radius 1 is 1.60 bits per heavy atom. The Morgan fingerprint density at radius 2 is 2.40 bits per heavy atom. The number of benzene rings is 1. The Kier molecular flexibility index (Phi) is 4.98. The molecule has 110 valence electrons. The zero-order valence-electron chi connectivity index (χ0n) is 12.0. The first kappa shape index (κ1) is 14.8. The van der Waals surface area contributed by atoms with Gasteiger partial charge in [-0.25, -0.2) is 0 Å². The van der Waals surface area contributed by atoms with Crippen LogP contribution in [0.1, 0.15) is 43.0 Å². The van der Waals surface area contributed by atoms with E-state index in [1.807, 2.05) is 18.2 Å². The molecule has 5 heteroatoms. The first-order valence-electron chi connectivity index (χ1n) is 6.96. The molecule has 0 bridgehead atoms. The van der Waals surface area contributed by atoms with Crippen LogP contribution >= 0.6 is 0 Å². The van der Waals surface area contributed by atoms with Crippen molar-refractivity contribution in [3.63, 3.8) is 0 Å². The average molecular weight is 278 g/mol. The summed E-state index contributed by atoms with van der Waals surface area (Å²) in [6.45, 7) is 2.73. The van der Waals surface area contributed by atoms with Gasteiger partial charge in [-0.1, -0.05) is 13.0 Å². The molecule has 20 heavy (non-hydrogen) atoms. The summed E-state index contributed by atoms with van der Waals surface area (Å²) in [5, 5.41) is 2.98. The van der Waals surface area contributed by atoms with Crippen molar-refractivity contribution in [3.05, 3.63) is 29.3 Å². The monoisotopic (exact) mass is 278 g/mol. The zero-order chi connectivity index (χ0) is 14.5. The third kappa shape index (κ3) is 3.29. The third-order valence-corrected chi connectivity index (χ3v) is 3.55. The molecule has 2 atom stereocenters. The van der Waals surface area contributed by atoms with E-state index in [9.17, 15) is 4.79 Å². The number of amides is 1. The lowest BCUT2D eigenvalue weighted by molar-refractivity contribution is -0.125. The fourth-order valence-electron chi connectivity index (χ4n) is 2.40. The minimum absolute atomic E-state index is 0.0116. The summed E-state index contributed by atoms with van der Waals surface area (Å²) in [6.07, 6.45) is 1.63. The number of nitrogens with two attached hydrogens (primary N) is 1. The van der Waals surface area contributed by atoms with Crippen molar-refractivity contribution in [1.82, 2.24) is 5.32 Å². The molecule has 5 nitrogen and oxygen atoms in total. The van der Waals surface area contributed by atoms with Crippen molar-refractivity contribution in [1.29, 1.82) is 0 Å². The smallest absolute Gasteiger partial charge is 0.246 e. The van der Waals surface area contributed by atoms with E-state index >= 15 is 0 Å². The first-order chi connectivity index (χ1) is 9.65. The van der Waals surface area contributed by atoms with Gasteiger partial charge in [-0.2, -0.15) is 0 Å². The molecule has 0 saturated heterocycles. The highest BCUT2D eigenvalue weighted by atomic mass is 16.5. The lowest BCUT2D eigenvalue weighted by Gasteiger charge is -2.27. The minimum Gasteiger partial charge on any atom is -0.493 e. The van der Waals surface area contributed by atoms with Gasteiger partial charge in [0.2, 0.25) is 5.91 Å². The van der Waals surface area contributed by atoms with E-state index in [-0.39, 0.29) is 24.6 Å². The lowest BCUT2D eigenvalue weighted by Crippen LogP contribution is -2.34. The molecule has 0 aliphatic carbocycles. The molecule has 1 aliphatic heterocycles. The molecule has 0 fully saturated rings. The second-order valence-corrected chi connectivity index (χ2v) is 5.00. The molecule has 2 unspecified atom stereocenters. The van der Waals surface area contributed by atoms with Crippen LogP contribution in [0.2, 0.25) is 0 Å². The summed E-state index contributed by atoms with van der Waals surface area (Å²) >= 11 is 0. The number of hydrogen-bond acceptors (Lipinski definition) is 4. The molecule has 0 spiro atoms. The van der Waals surface area contributed by atoms with Crippen molar-refractivity contribution < 1.29 is 14.3 Å². The maximum Gasteiger partial charge on any atom is 0.246 e. The zero-order valence-corrected chi connectivity index (χ0v) is 12.0. The van der Waals surface area contributed by atoms with E-state index in [4.69, 9.17) is 15.2 Å². The van der Waals surface area contributed by atoms with E-state index in [0.29, 0.717) is 6.61 Å². The van der Waals surface area contributed by atoms with Crippen LogP contribution in [-0.4, -0.2) is 26.2 Å². The number of fused-ring (bicyclic) bond motifs is 1. The standard InChI is InChI=1S/C15H22N2O3/c1-3-12(16)10-4-5-14-11(8-10)13(6-7-20-14)17-15(18)9-19-2/h4-5,8,12-13H,3,6-7,9,16H2,1-2H3,(H,17,18). The Balaban J connectivity index is 2.21. The minimum atomic E-state index is -0.115. The van der Waals surface area contributed by atoms with E-state index in [2.05, 4.69) is 12.2 Å². The number of rotatable bonds is 5. The molecule has 0 saturated carbocycles. The molecule has 0 aromatic heterocycles. The summed E-state index contributed by atoms with van der Waals surface area (Å²) in [5.74, 6) is 0.710. The third-order valence-electron chi connectivity index (χ3n) is 3.55. The predicted molar refractivity (Wildman–Crippen MR) is 76.5 cm³/mol. The molecular formula is C15H22N2O3. The van der Waals surface area contributed by atoms with Crippen molar-refractivity contribution >= 4 is 5.91 Å². The predicted octanol–water partition coefficient (Wildman–Crippen LogP) is 1.68. The quantitative estimate of drug-likeness (QED) is 0.859. The molecule has 1 aliphatic rings. The van der Waals surface area contributed by atoms with Gasteiger partial charge in [0.25, 0.3) is 0 Å². The summed E-state index contributed by atoms with van der Waals surface area (Å²) in [4.78, 5) is 11.7. The molecular weight excluding hydrogens is 256 g/mol. The van der Waals surface area contributed by atoms with Crippen LogP contribution < -0.4 is 15.8 Å². The van der Waals surface area contributed by atoms with E-state index < -0.39 is 0 Å². The van der Waals surface area contributed by atoms with Crippen LogP contribution in [-0.2, 0) is 9.53 Å². The van der Waals surface area contributed by atoms with Gasteiger partial charge in [0.05, 0.1) is 12.6 Å². The normalized spacial score (nSPS) is 18.9. The molecule has 1 heterocycles. The molecule has 2 rings (SSSR count). The van der Waals surface area contributed by atoms with Crippen LogP contribution in [0.3, 0.4) is 0 Å². The van der Waals surface area contributed by atoms with E-state index in [0.717, 1.165) is 29.7 Å². The van der Waals surface area contributed by atoms with Crippen LogP contribution in [0.4, 0.5) is 0 Å². The summed E-state index contributed by atoms with van der Waals surface area (Å²) in [6, 6.07) is 5.95. The van der Waals surface area contributed by atoms with Gasteiger partial charge in [0.15, 0.2) is 0 Å². The maximum absolute atomic E-state index is 11.7. The molecule has 3 N–H and O–H groups in total. The average Bonchev–Trinajstić information content (AvgIpc) is 2.46. The number of hydrogen-bond donors (Lipinski definition) is 2. The second kappa shape index (κ2) is 6.72. The Bertz CT molecular complexity index is 476. The Labute approximate surface area is 119 Å². The molecule has 0 radical (unpaired) electrons. The highest BCUT2D eigenvalue weighted by molar-refractivity contribution is 5.77. The van der Waals surface area contributed by atoms with Crippen LogP contribution in [0, 0.1) is 0 Å². The van der Waals surface area contributed by atoms with Gasteiger partial charge in [-0.3, -0.25) is 4.79 Å². The van der Waals surface area contributed by atoms with Crippen molar-refractivity contribution in [2.45, 2.75) is 31.8 Å². The number of nitrogens with one attached hydrogen (secondary N) is 1. The summed E-state index contributed by atoms with van der Waals surface area (Å²) in [7, 11) is 1.51. The SMILES string of the molecule is CCC(N)c1ccc2c(c1)C(NC(=O)COC)CCO2. The number of methoxy groups -OCH3 is 1. The van der Waals surface area contributed by atoms with E-state index in [1.54, 1.807) is 0 Å². The first-order valence-corrected chi connectivity index (χ1v) is 6.96. The van der Waals surface area contributed by atoms with Crippen LogP contribution in [0.25, 0.3) is 0 Å². The van der Waals surface area contributed by atoms with Gasteiger partial charge in [-0.05, 0) is 24.1 Å². The molecule has 1 aromatic carbocycles. The van der Waals surface area contributed by atoms with Crippen molar-refractivity contribution in [2.24, 2.45) is 5.73 Å². The summed E-state index contributed by atoms with van der Waals surface area (Å²) < 4.78 is 10.5. The largest absolute Gasteiger partial charge is 0.493 e. The fourth-order valence-corrected chi connectivity index (χ4v) is 2.40. The Morgan fingerprint density at radius 3 is 3.10 bits per heavy atom. The van der Waals surface area contributed by atoms with Gasteiger partial charge >= 0.3 is 0 Å². The van der Waals surface area contributed by atoms with Gasteiger partial charge in [-0.15, -0.1) is 0 Å². The fraction of sp³-hybridized carbons (Fsp3) is 0.533. The second-order valence-electron chi connectivity index (χ2n) is 5.00. The van der Waals surface area contributed by atoms with Crippen molar-refractivity contribution in [2.75, 3.05) is 20.3 Å². The topological polar surface area (TPSA) is 73.6 Å².